The molecule has 1 saturated carbocycles. The Hall–Kier alpha value is -1.14. The lowest BCUT2D eigenvalue weighted by Crippen LogP contribution is -2.52. The van der Waals surface area contributed by atoms with Gasteiger partial charge in [-0.15, -0.1) is 0 Å². The summed E-state index contributed by atoms with van der Waals surface area (Å²) in [7, 11) is 0. The highest BCUT2D eigenvalue weighted by atomic mass is 16.4. The summed E-state index contributed by atoms with van der Waals surface area (Å²) in [5, 5.41) is 18.8. The number of piperidine rings is 2. The van der Waals surface area contributed by atoms with Crippen LogP contribution in [0.15, 0.2) is 0 Å². The summed E-state index contributed by atoms with van der Waals surface area (Å²) in [5.41, 5.74) is -0.716. The van der Waals surface area contributed by atoms with Crippen molar-refractivity contribution in [2.24, 2.45) is 17.3 Å². The second kappa shape index (κ2) is 7.40. The van der Waals surface area contributed by atoms with E-state index in [1.54, 1.807) is 0 Å². The lowest BCUT2D eigenvalue weighted by atomic mass is 9.75. The third-order valence-corrected chi connectivity index (χ3v) is 6.07. The van der Waals surface area contributed by atoms with Gasteiger partial charge in [-0.3, -0.25) is 9.59 Å². The van der Waals surface area contributed by atoms with E-state index in [-0.39, 0.29) is 18.4 Å². The van der Waals surface area contributed by atoms with Gasteiger partial charge >= 0.3 is 5.97 Å². The Labute approximate surface area is 143 Å². The lowest BCUT2D eigenvalue weighted by Gasteiger charge is -2.42. The van der Waals surface area contributed by atoms with Gasteiger partial charge in [0.1, 0.15) is 0 Å². The van der Waals surface area contributed by atoms with Crippen molar-refractivity contribution < 1.29 is 19.8 Å². The van der Waals surface area contributed by atoms with Crippen molar-refractivity contribution in [1.82, 2.24) is 9.80 Å². The third kappa shape index (κ3) is 3.91. The quantitative estimate of drug-likeness (QED) is 0.760. The van der Waals surface area contributed by atoms with E-state index >= 15 is 0 Å². The molecule has 0 aromatic heterocycles. The summed E-state index contributed by atoms with van der Waals surface area (Å²) >= 11 is 0. The summed E-state index contributed by atoms with van der Waals surface area (Å²) in [6, 6.07) is 0. The Kier molecular flexibility index (Phi) is 5.45. The average molecular weight is 338 g/mol. The number of carbonyl (C=O) groups excluding carboxylic acids is 1. The molecule has 1 aliphatic carbocycles. The smallest absolute Gasteiger partial charge is 0.311 e. The van der Waals surface area contributed by atoms with Gasteiger partial charge in [-0.25, -0.2) is 0 Å². The number of aliphatic hydroxyl groups is 1. The van der Waals surface area contributed by atoms with Gasteiger partial charge in [-0.1, -0.05) is 12.8 Å². The van der Waals surface area contributed by atoms with Crippen molar-refractivity contribution in [1.29, 1.82) is 0 Å². The van der Waals surface area contributed by atoms with Crippen LogP contribution in [0.1, 0.15) is 44.9 Å². The zero-order valence-electron chi connectivity index (χ0n) is 14.5. The van der Waals surface area contributed by atoms with Crippen molar-refractivity contribution >= 4 is 11.9 Å². The van der Waals surface area contributed by atoms with Gasteiger partial charge in [-0.05, 0) is 51.1 Å². The number of hydrogen-bond acceptors (Lipinski definition) is 4. The van der Waals surface area contributed by atoms with Crippen LogP contribution in [0.5, 0.6) is 0 Å². The normalized spacial score (nSPS) is 29.6. The van der Waals surface area contributed by atoms with Gasteiger partial charge in [0.05, 0.1) is 12.0 Å². The van der Waals surface area contributed by atoms with Crippen LogP contribution >= 0.6 is 0 Å². The van der Waals surface area contributed by atoms with E-state index in [9.17, 15) is 14.7 Å². The summed E-state index contributed by atoms with van der Waals surface area (Å²) in [5.74, 6) is 0.00720. The molecular weight excluding hydrogens is 308 g/mol. The first-order chi connectivity index (χ1) is 11.5. The van der Waals surface area contributed by atoms with Gasteiger partial charge in [0.2, 0.25) is 5.91 Å². The molecule has 0 radical (unpaired) electrons. The van der Waals surface area contributed by atoms with Crippen LogP contribution < -0.4 is 0 Å². The first-order valence-corrected chi connectivity index (χ1v) is 9.39. The van der Waals surface area contributed by atoms with Gasteiger partial charge in [0.25, 0.3) is 0 Å². The number of aliphatic carboxylic acids is 1. The van der Waals surface area contributed by atoms with Crippen molar-refractivity contribution in [2.75, 3.05) is 39.3 Å². The minimum atomic E-state index is -0.718. The van der Waals surface area contributed by atoms with Crippen molar-refractivity contribution in [3.63, 3.8) is 0 Å². The number of carboxylic acid groups (broad SMARTS) is 1. The van der Waals surface area contributed by atoms with E-state index < -0.39 is 11.4 Å². The van der Waals surface area contributed by atoms with Crippen molar-refractivity contribution in [3.05, 3.63) is 0 Å². The summed E-state index contributed by atoms with van der Waals surface area (Å²) in [6.07, 6.45) is 6.17. The maximum Gasteiger partial charge on any atom is 0.311 e. The van der Waals surface area contributed by atoms with Crippen LogP contribution in [0.25, 0.3) is 0 Å². The van der Waals surface area contributed by atoms with Crippen LogP contribution in [-0.4, -0.2) is 71.2 Å². The maximum absolute atomic E-state index is 12.9. The van der Waals surface area contributed by atoms with Gasteiger partial charge in [0.15, 0.2) is 0 Å². The molecule has 6 heteroatoms. The molecule has 2 heterocycles. The molecule has 1 atom stereocenters. The van der Waals surface area contributed by atoms with Crippen LogP contribution in [0.2, 0.25) is 0 Å². The molecule has 2 saturated heterocycles. The summed E-state index contributed by atoms with van der Waals surface area (Å²) in [4.78, 5) is 28.9. The fraction of sp³-hybridized carbons (Fsp3) is 0.889. The van der Waals surface area contributed by atoms with Gasteiger partial charge in [-0.2, -0.15) is 0 Å². The van der Waals surface area contributed by atoms with E-state index in [2.05, 4.69) is 4.90 Å². The number of nitrogens with zero attached hydrogens (tertiary/aromatic N) is 2. The number of aliphatic hydroxyl groups excluding tert-OH is 1. The second-order valence-corrected chi connectivity index (χ2v) is 7.94. The Morgan fingerprint density at radius 2 is 1.79 bits per heavy atom. The first kappa shape index (κ1) is 17.7. The van der Waals surface area contributed by atoms with Crippen LogP contribution in [0.4, 0.5) is 0 Å². The molecule has 0 spiro atoms. The maximum atomic E-state index is 12.9. The monoisotopic (exact) mass is 338 g/mol. The van der Waals surface area contributed by atoms with E-state index in [1.807, 2.05) is 4.90 Å². The third-order valence-electron chi connectivity index (χ3n) is 6.07. The number of likely N-dealkylation sites (tertiary alicyclic amines) is 2. The highest BCUT2D eigenvalue weighted by molar-refractivity contribution is 5.81. The lowest BCUT2D eigenvalue weighted by molar-refractivity contribution is -0.157. The summed E-state index contributed by atoms with van der Waals surface area (Å²) in [6.45, 7) is 3.62. The number of amides is 1. The minimum Gasteiger partial charge on any atom is -0.481 e. The van der Waals surface area contributed by atoms with Gasteiger partial charge < -0.3 is 20.0 Å². The molecule has 1 unspecified atom stereocenters. The molecule has 6 nitrogen and oxygen atoms in total. The van der Waals surface area contributed by atoms with Crippen molar-refractivity contribution in [2.45, 2.75) is 44.9 Å². The number of hydrogen-bond donors (Lipinski definition) is 2. The zero-order chi connectivity index (χ0) is 17.2. The summed E-state index contributed by atoms with van der Waals surface area (Å²) < 4.78 is 0. The van der Waals surface area contributed by atoms with E-state index in [0.717, 1.165) is 51.6 Å². The molecule has 2 N–H and O–H groups in total. The molecule has 136 valence electrons. The minimum absolute atomic E-state index is 0.0189. The molecule has 3 rings (SSSR count). The highest BCUT2D eigenvalue weighted by Crippen LogP contribution is 2.45. The number of carbonyl (C=O) groups is 2. The Balaban J connectivity index is 1.59. The fourth-order valence-electron chi connectivity index (χ4n) is 4.43. The first-order valence-electron chi connectivity index (χ1n) is 9.39. The van der Waals surface area contributed by atoms with Crippen LogP contribution in [0, 0.1) is 17.3 Å². The highest BCUT2D eigenvalue weighted by Gasteiger charge is 2.47. The van der Waals surface area contributed by atoms with E-state index in [4.69, 9.17) is 5.11 Å². The molecule has 0 bridgehead atoms. The predicted molar refractivity (Wildman–Crippen MR) is 89.5 cm³/mol. The number of rotatable bonds is 6. The second-order valence-electron chi connectivity index (χ2n) is 7.94. The topological polar surface area (TPSA) is 81.1 Å². The number of carboxylic acids is 1. The van der Waals surface area contributed by atoms with E-state index in [0.29, 0.717) is 32.0 Å². The molecular formula is C18H30N2O4. The molecule has 2 aliphatic heterocycles. The van der Waals surface area contributed by atoms with Crippen LogP contribution in [0.3, 0.4) is 0 Å². The van der Waals surface area contributed by atoms with Crippen molar-refractivity contribution in [3.8, 4) is 0 Å². The molecule has 24 heavy (non-hydrogen) atoms. The Morgan fingerprint density at radius 1 is 1.08 bits per heavy atom. The number of β-amino-alcohol motifs (C(OH)–C–C–N with tert-alkyl or cyclic N) is 1. The largest absolute Gasteiger partial charge is 0.481 e. The van der Waals surface area contributed by atoms with Gasteiger partial charge in [0, 0.05) is 25.6 Å². The van der Waals surface area contributed by atoms with E-state index in [1.165, 1.54) is 0 Å². The standard InChI is InChI=1S/C18H30N2O4/c21-11-10-19-8-4-15(5-9-19)16(22)20-7-1-6-18(13-20,17(23)24)12-14-2-3-14/h14-15,21H,1-13H2,(H,23,24). The van der Waals surface area contributed by atoms with Crippen LogP contribution in [-0.2, 0) is 9.59 Å². The molecule has 0 aromatic rings. The SMILES string of the molecule is O=C(C1CCN(CCO)CC1)N1CCCC(CC2CC2)(C(=O)O)C1. The fourth-order valence-corrected chi connectivity index (χ4v) is 4.43. The molecule has 3 aliphatic rings. The molecule has 3 fully saturated rings. The zero-order valence-corrected chi connectivity index (χ0v) is 14.5. The molecule has 0 aromatic carbocycles. The predicted octanol–water partition coefficient (Wildman–Crippen LogP) is 1.18. The average Bonchev–Trinajstić information content (AvgIpc) is 3.39. The Bertz CT molecular complexity index is 472. The Morgan fingerprint density at radius 3 is 2.38 bits per heavy atom. The molecule has 1 amide bonds.